The van der Waals surface area contributed by atoms with Crippen molar-refractivity contribution in [2.45, 2.75) is 217 Å². The maximum atomic E-state index is 8.12. The number of nitrogens with one attached hydrogen (secondary N) is 1. The van der Waals surface area contributed by atoms with Crippen molar-refractivity contribution in [2.75, 3.05) is 18.5 Å². The minimum Gasteiger partial charge on any atom is -0.373 e. The van der Waals surface area contributed by atoms with Gasteiger partial charge in [-0.15, -0.1) is 0 Å². The van der Waals surface area contributed by atoms with Crippen molar-refractivity contribution in [1.29, 1.82) is 0 Å². The Balaban J connectivity index is 1.44. The van der Waals surface area contributed by atoms with Gasteiger partial charge in [-0.05, 0) is 84.7 Å². The minimum absolute atomic E-state index is 0.115. The van der Waals surface area contributed by atoms with Gasteiger partial charge in [0.2, 0.25) is 0 Å². The summed E-state index contributed by atoms with van der Waals surface area (Å²) in [6, 6.07) is 11.2. The molecule has 70 heavy (non-hydrogen) atoms. The smallest absolute Gasteiger partial charge is 0.373 e. The highest BCUT2D eigenvalue weighted by atomic mass is 28.6. The first-order valence-electron chi connectivity index (χ1n) is 27.8. The van der Waals surface area contributed by atoms with Gasteiger partial charge in [0.05, 0.1) is 6.67 Å². The summed E-state index contributed by atoms with van der Waals surface area (Å²) in [5, 5.41) is 3.99. The van der Waals surface area contributed by atoms with Crippen LogP contribution in [0.5, 0.6) is 0 Å². The molecule has 7 fully saturated rings. The Labute approximate surface area is 433 Å². The highest BCUT2D eigenvalue weighted by molar-refractivity contribution is 7.03. The normalized spacial score (nSPS) is 35.8. The van der Waals surface area contributed by atoms with Gasteiger partial charge in [-0.2, -0.15) is 0 Å². The summed E-state index contributed by atoms with van der Waals surface area (Å²) in [6.45, 7) is 37.0. The summed E-state index contributed by atoms with van der Waals surface area (Å²) in [4.78, 5) is 2.68. The molecule has 0 atom stereocenters. The van der Waals surface area contributed by atoms with Gasteiger partial charge in [0.1, 0.15) is 0 Å². The summed E-state index contributed by atoms with van der Waals surface area (Å²) >= 11 is 0. The molecule has 0 radical (unpaired) electrons. The Kier molecular flexibility index (Phi) is 19.1. The van der Waals surface area contributed by atoms with Crippen LogP contribution in [0.1, 0.15) is 160 Å². The van der Waals surface area contributed by atoms with Crippen molar-refractivity contribution in [1.82, 2.24) is 4.90 Å². The second-order valence-electron chi connectivity index (χ2n) is 24.6. The lowest BCUT2D eigenvalue weighted by atomic mass is 9.94. The quantitative estimate of drug-likeness (QED) is 0.0779. The van der Waals surface area contributed by atoms with Crippen LogP contribution in [0.4, 0.5) is 5.69 Å². The van der Waals surface area contributed by atoms with E-state index in [1.807, 2.05) is 0 Å². The number of para-hydroxylation sites is 1. The predicted octanol–water partition coefficient (Wildman–Crippen LogP) is 12.6. The fourth-order valence-corrected chi connectivity index (χ4v) is 63.4. The fourth-order valence-electron chi connectivity index (χ4n) is 11.9. The Morgan fingerprint density at radius 2 is 0.729 bits per heavy atom. The van der Waals surface area contributed by atoms with Gasteiger partial charge >= 0.3 is 70.4 Å². The summed E-state index contributed by atoms with van der Waals surface area (Å²) < 4.78 is 96.1. The van der Waals surface area contributed by atoms with Gasteiger partial charge < -0.3 is 54.7 Å². The van der Waals surface area contributed by atoms with Crippen LogP contribution in [0, 0.1) is 41.4 Å². The standard InChI is InChI=1S/C48H96N2O12Si8/c1-17-45-24-22-25-46(18-2)48(45)49-37-50(47-26-20-19-21-27-47)28-23-29-63-51-64(30-38(3)4)54-67(33-41(9)10)56-65(52-63,31-39(5)6)58-69(35-43(13)14)59-66(53-63,32-40(7)8)57-68(55-64,34-42(11)12)61-70(60-67,62-69)36-44(15)16/h22,24-25,38-44,47,49H,17-21,23,26-37H2,1-16H3. The molecule has 1 N–H and O–H groups in total. The average molecular weight is 1120 g/mol. The zero-order valence-electron chi connectivity index (χ0n) is 46.4. The number of hydrogen-bond donors (Lipinski definition) is 1. The molecule has 1 aliphatic carbocycles. The van der Waals surface area contributed by atoms with E-state index < -0.39 is 70.4 Å². The van der Waals surface area contributed by atoms with E-state index >= 15 is 0 Å². The van der Waals surface area contributed by atoms with Crippen LogP contribution in [0.2, 0.25) is 48.4 Å². The van der Waals surface area contributed by atoms with Gasteiger partial charge in [0.15, 0.2) is 0 Å². The van der Waals surface area contributed by atoms with Gasteiger partial charge in [-0.25, -0.2) is 0 Å². The molecule has 6 saturated heterocycles. The van der Waals surface area contributed by atoms with Crippen molar-refractivity contribution in [2.24, 2.45) is 41.4 Å². The number of benzene rings is 1. The van der Waals surface area contributed by atoms with Crippen molar-refractivity contribution in [3.05, 3.63) is 29.3 Å². The third-order valence-electron chi connectivity index (χ3n) is 13.8. The summed E-state index contributed by atoms with van der Waals surface area (Å²) in [6.07, 6.45) is 8.86. The highest BCUT2D eigenvalue weighted by Gasteiger charge is 2.83. The topological polar surface area (TPSA) is 126 Å². The molecule has 0 amide bonds. The average Bonchev–Trinajstić information content (AvgIpc) is 3.17. The second-order valence-corrected chi connectivity index (χ2v) is 48.7. The van der Waals surface area contributed by atoms with Crippen molar-refractivity contribution in [3.8, 4) is 0 Å². The molecule has 6 aliphatic heterocycles. The van der Waals surface area contributed by atoms with Crippen LogP contribution < -0.4 is 5.32 Å². The monoisotopic (exact) mass is 1120 g/mol. The lowest BCUT2D eigenvalue weighted by molar-refractivity contribution is -0.0343. The first-order chi connectivity index (χ1) is 32.8. The summed E-state index contributed by atoms with van der Waals surface area (Å²) in [7, 11) is -31.9. The fraction of sp³-hybridized carbons (Fsp3) is 0.875. The largest absolute Gasteiger partial charge is 0.479 e. The Morgan fingerprint density at radius 1 is 0.443 bits per heavy atom. The second kappa shape index (κ2) is 23.1. The molecule has 7 aliphatic rings. The van der Waals surface area contributed by atoms with Crippen molar-refractivity contribution >= 4 is 76.1 Å². The molecule has 14 nitrogen and oxygen atoms in total. The lowest BCUT2D eigenvalue weighted by Crippen LogP contribution is -2.88. The molecule has 22 heteroatoms. The van der Waals surface area contributed by atoms with Gasteiger partial charge in [-0.1, -0.05) is 148 Å². The third kappa shape index (κ3) is 13.9. The number of hydrogen-bond acceptors (Lipinski definition) is 14. The Bertz CT molecular complexity index is 1710. The molecule has 1 saturated carbocycles. The van der Waals surface area contributed by atoms with Gasteiger partial charge in [0, 0.05) is 66.6 Å². The molecule has 0 aromatic heterocycles. The first kappa shape index (κ1) is 57.9. The molecular weight excluding hydrogens is 1020 g/mol. The molecule has 0 spiro atoms. The Hall–Kier alpha value is 0.235. The van der Waals surface area contributed by atoms with E-state index in [0.29, 0.717) is 54.4 Å². The molecular formula is C48H96N2O12Si8. The molecule has 1 aromatic carbocycles. The highest BCUT2D eigenvalue weighted by Crippen LogP contribution is 2.56. The molecule has 8 bridgehead atoms. The SMILES string of the molecule is CCc1cccc(CC)c1NCN(CCC[Si]12O[Si]3(CC(C)C)O[Si]4(CC(C)C)O[Si](CC(C)C)(O1)O[Si]1(CC(C)C)O[Si](CC(C)C)(O2)O[Si](CC(C)C)(O3)O[Si](CC(C)C)(O4)O1)C1CCCCC1. The minimum atomic E-state index is -4.07. The number of rotatable bonds is 24. The Morgan fingerprint density at radius 3 is 1.00 bits per heavy atom. The maximum absolute atomic E-state index is 8.12. The summed E-state index contributed by atoms with van der Waals surface area (Å²) in [5.41, 5.74) is 4.00. The maximum Gasteiger partial charge on any atom is 0.479 e. The number of aryl methyl sites for hydroxylation is 2. The van der Waals surface area contributed by atoms with Crippen LogP contribution in [0.3, 0.4) is 0 Å². The predicted molar refractivity (Wildman–Crippen MR) is 293 cm³/mol. The number of nitrogens with zero attached hydrogens (tertiary/aromatic N) is 1. The van der Waals surface area contributed by atoms with E-state index in [4.69, 9.17) is 49.4 Å². The third-order valence-corrected chi connectivity index (χ3v) is 53.9. The van der Waals surface area contributed by atoms with Crippen LogP contribution in [0.15, 0.2) is 18.2 Å². The van der Waals surface area contributed by atoms with Gasteiger partial charge in [0.25, 0.3) is 0 Å². The number of anilines is 1. The van der Waals surface area contributed by atoms with Gasteiger partial charge in [-0.3, -0.25) is 4.90 Å². The van der Waals surface area contributed by atoms with E-state index in [-0.39, 0.29) is 41.4 Å². The molecule has 8 rings (SSSR count). The van der Waals surface area contributed by atoms with Crippen molar-refractivity contribution in [3.63, 3.8) is 0 Å². The van der Waals surface area contributed by atoms with Crippen LogP contribution in [-0.2, 0) is 62.2 Å². The lowest BCUT2D eigenvalue weighted by Gasteiger charge is -2.64. The van der Waals surface area contributed by atoms with E-state index in [1.54, 1.807) is 0 Å². The van der Waals surface area contributed by atoms with Crippen molar-refractivity contribution < 1.29 is 49.4 Å². The summed E-state index contributed by atoms with van der Waals surface area (Å²) in [5.74, 6) is 0.839. The molecule has 402 valence electrons. The van der Waals surface area contributed by atoms with Crippen LogP contribution in [-0.4, -0.2) is 94.6 Å². The van der Waals surface area contributed by atoms with E-state index in [0.717, 1.165) is 32.5 Å². The van der Waals surface area contributed by atoms with Crippen LogP contribution >= 0.6 is 0 Å². The zero-order chi connectivity index (χ0) is 51.0. The van der Waals surface area contributed by atoms with Crippen LogP contribution in [0.25, 0.3) is 0 Å². The molecule has 0 unspecified atom stereocenters. The van der Waals surface area contributed by atoms with E-state index in [1.165, 1.54) is 48.9 Å². The molecule has 1 aromatic rings. The molecule has 6 heterocycles. The van der Waals surface area contributed by atoms with E-state index in [9.17, 15) is 0 Å². The zero-order valence-corrected chi connectivity index (χ0v) is 54.4. The van der Waals surface area contributed by atoms with E-state index in [2.05, 4.69) is 139 Å². The first-order valence-corrected chi connectivity index (χ1v) is 43.3.